The van der Waals surface area contributed by atoms with E-state index in [0.29, 0.717) is 0 Å². The Bertz CT molecular complexity index is 26.7. The number of hydrogen-bond donors (Lipinski definition) is 0. The molecule has 0 fully saturated rings. The molecule has 0 aromatic heterocycles. The van der Waals surface area contributed by atoms with E-state index in [1.807, 2.05) is 6.92 Å². The molecule has 0 atom stereocenters. The zero-order valence-corrected chi connectivity index (χ0v) is 4.27. The predicted molar refractivity (Wildman–Crippen MR) is 23.9 cm³/mol. The van der Waals surface area contributed by atoms with Crippen LogP contribution in [0.5, 0.6) is 0 Å². The summed E-state index contributed by atoms with van der Waals surface area (Å²) in [5, 5.41) is 9.79. The predicted octanol–water partition coefficient (Wildman–Crippen LogP) is 0.326. The SMILES string of the molecule is CCN(C)C[O]. The van der Waals surface area contributed by atoms with Gasteiger partial charge in [0.15, 0.2) is 0 Å². The molecule has 2 nitrogen and oxygen atoms in total. The van der Waals surface area contributed by atoms with Gasteiger partial charge in [0.05, 0.1) is 0 Å². The lowest BCUT2D eigenvalue weighted by atomic mass is 10.7. The molecule has 0 bridgehead atoms. The van der Waals surface area contributed by atoms with Crippen LogP contribution in [0.25, 0.3) is 0 Å². The van der Waals surface area contributed by atoms with Crippen molar-refractivity contribution in [2.24, 2.45) is 0 Å². The fourth-order valence-corrected chi connectivity index (χ4v) is 0.0913. The monoisotopic (exact) mass is 88.1 g/mol. The van der Waals surface area contributed by atoms with Crippen LogP contribution >= 0.6 is 0 Å². The van der Waals surface area contributed by atoms with Gasteiger partial charge in [0, 0.05) is 0 Å². The average Bonchev–Trinajstić information content (AvgIpc) is 1.65. The van der Waals surface area contributed by atoms with E-state index in [1.54, 1.807) is 11.9 Å². The third-order valence-electron chi connectivity index (χ3n) is 0.760. The molecule has 0 N–H and O–H groups in total. The highest BCUT2D eigenvalue weighted by atomic mass is 16.3. The first kappa shape index (κ1) is 5.92. The Balaban J connectivity index is 2.75. The lowest BCUT2D eigenvalue weighted by Gasteiger charge is -2.04. The van der Waals surface area contributed by atoms with E-state index < -0.39 is 0 Å². The first-order valence-electron chi connectivity index (χ1n) is 2.08. The average molecular weight is 88.1 g/mol. The summed E-state index contributed by atoms with van der Waals surface area (Å²) < 4.78 is 0. The largest absolute Gasteiger partial charge is 0.282 e. The molecular weight excluding hydrogens is 78.0 g/mol. The Hall–Kier alpha value is -0.0800. The fraction of sp³-hybridized carbons (Fsp3) is 1.00. The van der Waals surface area contributed by atoms with Crippen molar-refractivity contribution in [1.82, 2.24) is 4.90 Å². The molecule has 0 unspecified atom stereocenters. The number of hydrogen-bond acceptors (Lipinski definition) is 1. The highest BCUT2D eigenvalue weighted by Gasteiger charge is 1.84. The van der Waals surface area contributed by atoms with Crippen molar-refractivity contribution in [3.05, 3.63) is 0 Å². The maximum atomic E-state index is 9.79. The van der Waals surface area contributed by atoms with Crippen LogP contribution in [0.3, 0.4) is 0 Å². The third-order valence-corrected chi connectivity index (χ3v) is 0.760. The van der Waals surface area contributed by atoms with Crippen LogP contribution in [0.2, 0.25) is 0 Å². The van der Waals surface area contributed by atoms with Gasteiger partial charge in [-0.1, -0.05) is 6.92 Å². The van der Waals surface area contributed by atoms with Crippen molar-refractivity contribution in [1.29, 1.82) is 0 Å². The van der Waals surface area contributed by atoms with Gasteiger partial charge in [-0.05, 0) is 13.6 Å². The highest BCUT2D eigenvalue weighted by molar-refractivity contribution is 4.30. The van der Waals surface area contributed by atoms with Crippen LogP contribution < -0.4 is 0 Å². The van der Waals surface area contributed by atoms with Gasteiger partial charge < -0.3 is 0 Å². The molecule has 0 aliphatic heterocycles. The second kappa shape index (κ2) is 3.12. The lowest BCUT2D eigenvalue weighted by Crippen LogP contribution is -2.16. The third kappa shape index (κ3) is 2.18. The molecule has 0 spiro atoms. The van der Waals surface area contributed by atoms with Crippen molar-refractivity contribution >= 4 is 0 Å². The molecule has 0 aromatic carbocycles. The van der Waals surface area contributed by atoms with E-state index in [1.165, 1.54) is 0 Å². The van der Waals surface area contributed by atoms with E-state index in [4.69, 9.17) is 0 Å². The van der Waals surface area contributed by atoms with Gasteiger partial charge in [0.1, 0.15) is 6.73 Å². The Kier molecular flexibility index (Phi) is 3.08. The Morgan fingerprint density at radius 3 is 2.17 bits per heavy atom. The molecule has 0 aliphatic rings. The molecule has 0 aromatic rings. The van der Waals surface area contributed by atoms with E-state index in [2.05, 4.69) is 0 Å². The van der Waals surface area contributed by atoms with Crippen molar-refractivity contribution < 1.29 is 5.11 Å². The summed E-state index contributed by atoms with van der Waals surface area (Å²) in [6, 6.07) is 0. The molecule has 0 amide bonds. The molecule has 6 heavy (non-hydrogen) atoms. The van der Waals surface area contributed by atoms with Crippen LogP contribution in [0, 0.1) is 0 Å². The summed E-state index contributed by atoms with van der Waals surface area (Å²) in [7, 11) is 1.80. The van der Waals surface area contributed by atoms with Gasteiger partial charge in [-0.25, -0.2) is 5.11 Å². The van der Waals surface area contributed by atoms with E-state index >= 15 is 0 Å². The van der Waals surface area contributed by atoms with Crippen molar-refractivity contribution in [3.63, 3.8) is 0 Å². The Morgan fingerprint density at radius 1 is 1.67 bits per heavy atom. The van der Waals surface area contributed by atoms with Gasteiger partial charge in [-0.15, -0.1) is 0 Å². The van der Waals surface area contributed by atoms with Crippen LogP contribution in [0.1, 0.15) is 6.92 Å². The molecule has 37 valence electrons. The lowest BCUT2D eigenvalue weighted by molar-refractivity contribution is 0.0735. The topological polar surface area (TPSA) is 23.1 Å². The molecule has 0 aliphatic carbocycles. The summed E-state index contributed by atoms with van der Waals surface area (Å²) in [4.78, 5) is 1.69. The smallest absolute Gasteiger partial charge is 0.135 e. The van der Waals surface area contributed by atoms with E-state index in [9.17, 15) is 5.11 Å². The second-order valence-corrected chi connectivity index (χ2v) is 1.30. The van der Waals surface area contributed by atoms with Gasteiger partial charge >= 0.3 is 0 Å². The fourth-order valence-electron chi connectivity index (χ4n) is 0.0913. The number of rotatable bonds is 2. The molecule has 2 heteroatoms. The van der Waals surface area contributed by atoms with Crippen molar-refractivity contribution in [3.8, 4) is 0 Å². The second-order valence-electron chi connectivity index (χ2n) is 1.30. The first-order chi connectivity index (χ1) is 2.81. The normalized spacial score (nSPS) is 10.0. The minimum Gasteiger partial charge on any atom is -0.282 e. The maximum Gasteiger partial charge on any atom is 0.135 e. The summed E-state index contributed by atoms with van der Waals surface area (Å²) in [5.74, 6) is 0. The van der Waals surface area contributed by atoms with Crippen LogP contribution in [0.4, 0.5) is 0 Å². The Labute approximate surface area is 38.4 Å². The van der Waals surface area contributed by atoms with E-state index in [-0.39, 0.29) is 6.73 Å². The van der Waals surface area contributed by atoms with Crippen LogP contribution in [0.15, 0.2) is 0 Å². The van der Waals surface area contributed by atoms with Gasteiger partial charge in [-0.2, -0.15) is 0 Å². The zero-order chi connectivity index (χ0) is 4.99. The molecular formula is C4H10NO. The summed E-state index contributed by atoms with van der Waals surface area (Å²) in [6.45, 7) is 2.72. The Morgan fingerprint density at radius 2 is 2.17 bits per heavy atom. The summed E-state index contributed by atoms with van der Waals surface area (Å²) in [5.41, 5.74) is 0. The van der Waals surface area contributed by atoms with Crippen LogP contribution in [-0.2, 0) is 5.11 Å². The maximum absolute atomic E-state index is 9.79. The molecule has 0 rings (SSSR count). The van der Waals surface area contributed by atoms with Crippen molar-refractivity contribution in [2.45, 2.75) is 6.92 Å². The standard InChI is InChI=1S/C4H10NO/c1-3-5(2)4-6/h3-4H2,1-2H3. The minimum absolute atomic E-state index is 0.0868. The molecule has 0 heterocycles. The zero-order valence-electron chi connectivity index (χ0n) is 4.27. The highest BCUT2D eigenvalue weighted by Crippen LogP contribution is 1.72. The molecule has 1 radical (unpaired) electrons. The summed E-state index contributed by atoms with van der Waals surface area (Å²) in [6.07, 6.45) is 0. The van der Waals surface area contributed by atoms with Gasteiger partial charge in [-0.3, -0.25) is 4.90 Å². The molecule has 0 saturated carbocycles. The minimum atomic E-state index is -0.0868. The van der Waals surface area contributed by atoms with Crippen molar-refractivity contribution in [2.75, 3.05) is 20.3 Å². The first-order valence-corrected chi connectivity index (χ1v) is 2.08. The van der Waals surface area contributed by atoms with Gasteiger partial charge in [0.2, 0.25) is 0 Å². The number of nitrogens with zero attached hydrogens (tertiary/aromatic N) is 1. The molecule has 0 saturated heterocycles. The van der Waals surface area contributed by atoms with Crippen LogP contribution in [-0.4, -0.2) is 25.2 Å². The quantitative estimate of drug-likeness (QED) is 0.446. The van der Waals surface area contributed by atoms with Gasteiger partial charge in [0.25, 0.3) is 0 Å². The summed E-state index contributed by atoms with van der Waals surface area (Å²) >= 11 is 0. The van der Waals surface area contributed by atoms with E-state index in [0.717, 1.165) is 6.54 Å².